The van der Waals surface area contributed by atoms with E-state index in [1.165, 1.54) is 0 Å². The third kappa shape index (κ3) is 6.20. The minimum absolute atomic E-state index is 0.322. The molecule has 2 heterocycles. The predicted molar refractivity (Wildman–Crippen MR) is 141 cm³/mol. The third-order valence-electron chi connectivity index (χ3n) is 6.32. The van der Waals surface area contributed by atoms with Gasteiger partial charge in [-0.05, 0) is 68.0 Å². The van der Waals surface area contributed by atoms with Gasteiger partial charge in [0.05, 0.1) is 23.0 Å². The number of fused-ring (bicyclic) bond motifs is 1. The Morgan fingerprint density at radius 3 is 2.83 bits per heavy atom. The number of hydrogen-bond donors (Lipinski definition) is 0. The van der Waals surface area contributed by atoms with Gasteiger partial charge < -0.3 is 14.0 Å². The summed E-state index contributed by atoms with van der Waals surface area (Å²) in [7, 11) is -1.87. The van der Waals surface area contributed by atoms with Crippen LogP contribution in [-0.4, -0.2) is 55.7 Å². The Labute approximate surface area is 212 Å². The van der Waals surface area contributed by atoms with Crippen LogP contribution in [0.15, 0.2) is 52.5 Å². The molecule has 0 amide bonds. The number of rotatable bonds is 11. The van der Waals surface area contributed by atoms with E-state index in [0.717, 1.165) is 53.5 Å². The first-order chi connectivity index (χ1) is 16.9. The molecule has 0 saturated carbocycles. The van der Waals surface area contributed by atoms with Crippen molar-refractivity contribution in [2.24, 2.45) is 5.92 Å². The molecular formula is C26H35N3O4S2. The van der Waals surface area contributed by atoms with Crippen LogP contribution in [0.3, 0.4) is 0 Å². The summed E-state index contributed by atoms with van der Waals surface area (Å²) in [6.07, 6.45) is 2.84. The van der Waals surface area contributed by atoms with Crippen molar-refractivity contribution in [2.75, 3.05) is 33.4 Å². The Morgan fingerprint density at radius 2 is 2.06 bits per heavy atom. The number of methoxy groups -OCH3 is 1. The van der Waals surface area contributed by atoms with Crippen LogP contribution in [0.5, 0.6) is 5.75 Å². The molecule has 3 aromatic rings. The monoisotopic (exact) mass is 517 g/mol. The van der Waals surface area contributed by atoms with Crippen LogP contribution in [-0.2, 0) is 27.1 Å². The number of nitrogens with zero attached hydrogens (tertiary/aromatic N) is 3. The molecule has 9 heteroatoms. The zero-order chi connectivity index (χ0) is 24.8. The molecule has 0 N–H and O–H groups in total. The fourth-order valence-electron chi connectivity index (χ4n) is 4.47. The highest BCUT2D eigenvalue weighted by atomic mass is 32.2. The van der Waals surface area contributed by atoms with Crippen molar-refractivity contribution in [3.8, 4) is 5.75 Å². The normalized spacial score (nSPS) is 17.2. The number of aryl methyl sites for hydroxylation is 1. The van der Waals surface area contributed by atoms with Crippen LogP contribution in [0.2, 0.25) is 0 Å². The largest absolute Gasteiger partial charge is 0.497 e. The van der Waals surface area contributed by atoms with Gasteiger partial charge in [-0.3, -0.25) is 0 Å². The molecule has 1 unspecified atom stereocenters. The molecule has 1 saturated heterocycles. The molecule has 1 aromatic heterocycles. The second kappa shape index (κ2) is 11.8. The lowest BCUT2D eigenvalue weighted by atomic mass is 10.0. The highest BCUT2D eigenvalue weighted by Crippen LogP contribution is 2.31. The molecule has 0 radical (unpaired) electrons. The number of piperidine rings is 1. The third-order valence-corrected chi connectivity index (χ3v) is 9.23. The van der Waals surface area contributed by atoms with Crippen molar-refractivity contribution in [3.63, 3.8) is 0 Å². The summed E-state index contributed by atoms with van der Waals surface area (Å²) in [5.74, 6) is 1.95. The van der Waals surface area contributed by atoms with E-state index in [-0.39, 0.29) is 0 Å². The first-order valence-electron chi connectivity index (χ1n) is 12.3. The fraction of sp³-hybridized carbons (Fsp3) is 0.500. The molecule has 7 nitrogen and oxygen atoms in total. The molecular weight excluding hydrogens is 482 g/mol. The van der Waals surface area contributed by atoms with Crippen molar-refractivity contribution < 1.29 is 17.9 Å². The SMILES string of the molecule is CCOCCCn1c(SCc2cccc(OC)c2)nc2cc(S(=O)(=O)N3CCCC(C)C3)ccc21. The molecule has 0 aliphatic carbocycles. The molecule has 1 fully saturated rings. The van der Waals surface area contributed by atoms with E-state index >= 15 is 0 Å². The van der Waals surface area contributed by atoms with Gasteiger partial charge >= 0.3 is 0 Å². The quantitative estimate of drug-likeness (QED) is 0.258. The summed E-state index contributed by atoms with van der Waals surface area (Å²) in [5, 5.41) is 0.875. The molecule has 35 heavy (non-hydrogen) atoms. The van der Waals surface area contributed by atoms with Gasteiger partial charge in [-0.2, -0.15) is 4.31 Å². The Bertz CT molecular complexity index is 1240. The number of sulfonamides is 1. The number of imidazole rings is 1. The summed E-state index contributed by atoms with van der Waals surface area (Å²) in [6.45, 7) is 7.39. The van der Waals surface area contributed by atoms with Gasteiger partial charge in [0.2, 0.25) is 10.0 Å². The summed E-state index contributed by atoms with van der Waals surface area (Å²) >= 11 is 1.65. The van der Waals surface area contributed by atoms with E-state index < -0.39 is 10.0 Å². The van der Waals surface area contributed by atoms with E-state index in [1.807, 2.05) is 31.2 Å². The lowest BCUT2D eigenvalue weighted by Crippen LogP contribution is -2.39. The van der Waals surface area contributed by atoms with Crippen LogP contribution in [0.1, 0.15) is 38.7 Å². The summed E-state index contributed by atoms with van der Waals surface area (Å²) in [4.78, 5) is 5.20. The van der Waals surface area contributed by atoms with Crippen molar-refractivity contribution in [1.82, 2.24) is 13.9 Å². The van der Waals surface area contributed by atoms with Gasteiger partial charge in [0.1, 0.15) is 5.75 Å². The van der Waals surface area contributed by atoms with Gasteiger partial charge in [-0.25, -0.2) is 13.4 Å². The highest BCUT2D eigenvalue weighted by molar-refractivity contribution is 7.98. The van der Waals surface area contributed by atoms with Crippen LogP contribution in [0.25, 0.3) is 11.0 Å². The van der Waals surface area contributed by atoms with Gasteiger partial charge in [0.15, 0.2) is 5.16 Å². The Balaban J connectivity index is 1.62. The number of hydrogen-bond acceptors (Lipinski definition) is 6. The molecule has 0 bridgehead atoms. The van der Waals surface area contributed by atoms with Gasteiger partial charge in [-0.15, -0.1) is 0 Å². The zero-order valence-corrected chi connectivity index (χ0v) is 22.4. The molecule has 4 rings (SSSR count). The minimum Gasteiger partial charge on any atom is -0.497 e. The first-order valence-corrected chi connectivity index (χ1v) is 14.7. The minimum atomic E-state index is -3.53. The average Bonchev–Trinajstić information content (AvgIpc) is 3.22. The predicted octanol–water partition coefficient (Wildman–Crippen LogP) is 5.18. The molecule has 1 aliphatic heterocycles. The van der Waals surface area contributed by atoms with Gasteiger partial charge in [0, 0.05) is 38.6 Å². The van der Waals surface area contributed by atoms with E-state index in [0.29, 0.717) is 42.6 Å². The van der Waals surface area contributed by atoms with Crippen LogP contribution >= 0.6 is 11.8 Å². The number of thioether (sulfide) groups is 1. The smallest absolute Gasteiger partial charge is 0.243 e. The van der Waals surface area contributed by atoms with Gasteiger partial charge in [-0.1, -0.05) is 30.8 Å². The maximum Gasteiger partial charge on any atom is 0.243 e. The standard InChI is InChI=1S/C26H35N3O4S2/c1-4-33-15-7-14-29-25-12-11-23(35(30,31)28-13-6-8-20(2)18-28)17-24(25)27-26(29)34-19-21-9-5-10-22(16-21)32-3/h5,9-12,16-17,20H,4,6-8,13-15,18-19H2,1-3H3. The van der Waals surface area contributed by atoms with Crippen molar-refractivity contribution >= 4 is 32.8 Å². The lowest BCUT2D eigenvalue weighted by Gasteiger charge is -2.30. The van der Waals surface area contributed by atoms with Crippen molar-refractivity contribution in [3.05, 3.63) is 48.0 Å². The average molecular weight is 518 g/mol. The molecule has 2 aromatic carbocycles. The molecule has 1 atom stereocenters. The Hall–Kier alpha value is -2.07. The van der Waals surface area contributed by atoms with Crippen LogP contribution in [0, 0.1) is 5.92 Å². The molecule has 0 spiro atoms. The van der Waals surface area contributed by atoms with Crippen molar-refractivity contribution in [2.45, 2.75) is 55.5 Å². The molecule has 1 aliphatic rings. The molecule has 190 valence electrons. The fourth-order valence-corrected chi connectivity index (χ4v) is 7.07. The number of benzene rings is 2. The van der Waals surface area contributed by atoms with E-state index in [2.05, 4.69) is 17.6 Å². The second-order valence-corrected chi connectivity index (χ2v) is 11.9. The Kier molecular flexibility index (Phi) is 8.75. The zero-order valence-electron chi connectivity index (χ0n) is 20.8. The van der Waals surface area contributed by atoms with E-state index in [4.69, 9.17) is 14.5 Å². The van der Waals surface area contributed by atoms with Crippen LogP contribution < -0.4 is 4.74 Å². The van der Waals surface area contributed by atoms with Crippen LogP contribution in [0.4, 0.5) is 0 Å². The maximum absolute atomic E-state index is 13.3. The number of aromatic nitrogens is 2. The van der Waals surface area contributed by atoms with Crippen molar-refractivity contribution in [1.29, 1.82) is 0 Å². The maximum atomic E-state index is 13.3. The lowest BCUT2D eigenvalue weighted by molar-refractivity contribution is 0.141. The second-order valence-electron chi connectivity index (χ2n) is 9.00. The highest BCUT2D eigenvalue weighted by Gasteiger charge is 2.29. The first kappa shape index (κ1) is 26.0. The number of ether oxygens (including phenoxy) is 2. The summed E-state index contributed by atoms with van der Waals surface area (Å²) < 4.78 is 41.4. The topological polar surface area (TPSA) is 73.7 Å². The van der Waals surface area contributed by atoms with E-state index in [9.17, 15) is 8.42 Å². The summed E-state index contributed by atoms with van der Waals surface area (Å²) in [5.41, 5.74) is 2.80. The summed E-state index contributed by atoms with van der Waals surface area (Å²) in [6, 6.07) is 13.4. The van der Waals surface area contributed by atoms with E-state index in [1.54, 1.807) is 35.3 Å². The Morgan fingerprint density at radius 1 is 1.20 bits per heavy atom. The van der Waals surface area contributed by atoms with Gasteiger partial charge in [0.25, 0.3) is 0 Å².